The lowest BCUT2D eigenvalue weighted by Crippen LogP contribution is -2.50. The molecule has 0 spiro atoms. The van der Waals surface area contributed by atoms with Crippen LogP contribution in [-0.2, 0) is 4.79 Å². The Kier molecular flexibility index (Phi) is 5.44. The highest BCUT2D eigenvalue weighted by Gasteiger charge is 2.34. The molecule has 0 heterocycles. The van der Waals surface area contributed by atoms with E-state index in [4.69, 9.17) is 5.73 Å². The third-order valence-electron chi connectivity index (χ3n) is 3.69. The summed E-state index contributed by atoms with van der Waals surface area (Å²) in [4.78, 5) is 11.8. The lowest BCUT2D eigenvalue weighted by molar-refractivity contribution is -0.123. The molecule has 0 bridgehead atoms. The molecule has 1 atom stereocenters. The molecule has 3 nitrogen and oxygen atoms in total. The van der Waals surface area contributed by atoms with Crippen LogP contribution < -0.4 is 11.1 Å². The fourth-order valence-electron chi connectivity index (χ4n) is 2.36. The molecule has 17 heavy (non-hydrogen) atoms. The highest BCUT2D eigenvalue weighted by atomic mass is 16.1. The summed E-state index contributed by atoms with van der Waals surface area (Å²) in [6.45, 7) is 6.55. The summed E-state index contributed by atoms with van der Waals surface area (Å²) in [6, 6.07) is 0.282. The zero-order valence-electron chi connectivity index (χ0n) is 11.6. The van der Waals surface area contributed by atoms with E-state index < -0.39 is 0 Å². The molecule has 1 amide bonds. The van der Waals surface area contributed by atoms with Crippen molar-refractivity contribution in [2.24, 2.45) is 11.7 Å². The maximum Gasteiger partial charge on any atom is 0.222 e. The van der Waals surface area contributed by atoms with Crippen LogP contribution in [0.2, 0.25) is 0 Å². The van der Waals surface area contributed by atoms with Gasteiger partial charge < -0.3 is 11.1 Å². The Bertz CT molecular complexity index is 247. The maximum absolute atomic E-state index is 11.8. The van der Waals surface area contributed by atoms with Gasteiger partial charge in [0.05, 0.1) is 0 Å². The number of carbonyl (C=O) groups is 1. The predicted octanol–water partition coefficient (Wildman–Crippen LogP) is 2.59. The Morgan fingerprint density at radius 2 is 1.94 bits per heavy atom. The van der Waals surface area contributed by atoms with Gasteiger partial charge in [0.2, 0.25) is 5.91 Å². The molecule has 0 aromatic heterocycles. The number of rotatable bonds is 7. The third-order valence-corrected chi connectivity index (χ3v) is 3.69. The second-order valence-corrected chi connectivity index (χ2v) is 6.19. The highest BCUT2D eigenvalue weighted by Crippen LogP contribution is 2.31. The van der Waals surface area contributed by atoms with E-state index in [1.54, 1.807) is 0 Å². The molecule has 3 heteroatoms. The van der Waals surface area contributed by atoms with Gasteiger partial charge in [0.25, 0.3) is 0 Å². The summed E-state index contributed by atoms with van der Waals surface area (Å²) in [7, 11) is 0. The fraction of sp³-hybridized carbons (Fsp3) is 0.929. The van der Waals surface area contributed by atoms with Crippen LogP contribution in [0.3, 0.4) is 0 Å². The number of amides is 1. The summed E-state index contributed by atoms with van der Waals surface area (Å²) in [5, 5.41) is 3.06. The van der Waals surface area contributed by atoms with Crippen molar-refractivity contribution >= 4 is 5.91 Å². The standard InChI is InChI=1S/C14H28N2O/c1-11(2)6-4-7-12(3)16-13(17)10-14(15)8-5-9-14/h11-12H,4-10,15H2,1-3H3,(H,16,17). The van der Waals surface area contributed by atoms with Gasteiger partial charge in [-0.3, -0.25) is 4.79 Å². The van der Waals surface area contributed by atoms with E-state index in [1.807, 2.05) is 0 Å². The molecule has 1 aliphatic carbocycles. The number of nitrogens with two attached hydrogens (primary N) is 1. The average molecular weight is 240 g/mol. The lowest BCUT2D eigenvalue weighted by atomic mass is 9.75. The van der Waals surface area contributed by atoms with Crippen LogP contribution in [0.5, 0.6) is 0 Å². The lowest BCUT2D eigenvalue weighted by Gasteiger charge is -2.37. The van der Waals surface area contributed by atoms with E-state index in [9.17, 15) is 4.79 Å². The van der Waals surface area contributed by atoms with E-state index in [-0.39, 0.29) is 17.5 Å². The minimum atomic E-state index is -0.193. The quantitative estimate of drug-likeness (QED) is 0.718. The molecule has 0 aliphatic heterocycles. The van der Waals surface area contributed by atoms with E-state index in [2.05, 4.69) is 26.1 Å². The Labute approximate surface area is 106 Å². The van der Waals surface area contributed by atoms with Crippen molar-refractivity contribution in [3.05, 3.63) is 0 Å². The van der Waals surface area contributed by atoms with Crippen LogP contribution in [0, 0.1) is 5.92 Å². The first-order valence-corrected chi connectivity index (χ1v) is 6.99. The molecule has 1 saturated carbocycles. The Morgan fingerprint density at radius 1 is 1.29 bits per heavy atom. The molecular formula is C14H28N2O. The largest absolute Gasteiger partial charge is 0.354 e. The van der Waals surface area contributed by atoms with Gasteiger partial charge in [-0.05, 0) is 38.5 Å². The van der Waals surface area contributed by atoms with E-state index in [0.717, 1.165) is 25.2 Å². The molecule has 0 saturated heterocycles. The first-order valence-electron chi connectivity index (χ1n) is 6.99. The van der Waals surface area contributed by atoms with Gasteiger partial charge in [-0.1, -0.05) is 26.7 Å². The fourth-order valence-corrected chi connectivity index (χ4v) is 2.36. The summed E-state index contributed by atoms with van der Waals surface area (Å²) in [5.41, 5.74) is 5.87. The highest BCUT2D eigenvalue weighted by molar-refractivity contribution is 5.77. The summed E-state index contributed by atoms with van der Waals surface area (Å²) in [5.74, 6) is 0.879. The predicted molar refractivity (Wildman–Crippen MR) is 71.7 cm³/mol. The van der Waals surface area contributed by atoms with Crippen LogP contribution >= 0.6 is 0 Å². The van der Waals surface area contributed by atoms with Crippen LogP contribution in [0.4, 0.5) is 0 Å². The molecule has 0 aromatic carbocycles. The zero-order chi connectivity index (χ0) is 12.9. The minimum absolute atomic E-state index is 0.129. The Balaban J connectivity index is 2.12. The monoisotopic (exact) mass is 240 g/mol. The smallest absolute Gasteiger partial charge is 0.222 e. The van der Waals surface area contributed by atoms with Crippen molar-refractivity contribution in [3.8, 4) is 0 Å². The first-order chi connectivity index (χ1) is 7.91. The summed E-state index contributed by atoms with van der Waals surface area (Å²) in [6.07, 6.45) is 7.18. The van der Waals surface area contributed by atoms with Crippen LogP contribution in [-0.4, -0.2) is 17.5 Å². The van der Waals surface area contributed by atoms with Crippen molar-refractivity contribution in [2.75, 3.05) is 0 Å². The number of hydrogen-bond acceptors (Lipinski definition) is 2. The maximum atomic E-state index is 11.8. The van der Waals surface area contributed by atoms with Crippen molar-refractivity contribution in [1.29, 1.82) is 0 Å². The van der Waals surface area contributed by atoms with Gasteiger partial charge >= 0.3 is 0 Å². The zero-order valence-corrected chi connectivity index (χ0v) is 11.6. The average Bonchev–Trinajstić information content (AvgIpc) is 2.14. The molecule has 100 valence electrons. The SMILES string of the molecule is CC(C)CCCC(C)NC(=O)CC1(N)CCC1. The molecule has 1 fully saturated rings. The van der Waals surface area contributed by atoms with Crippen molar-refractivity contribution in [1.82, 2.24) is 5.32 Å². The molecule has 1 rings (SSSR count). The van der Waals surface area contributed by atoms with E-state index in [0.29, 0.717) is 6.42 Å². The Morgan fingerprint density at radius 3 is 2.41 bits per heavy atom. The van der Waals surface area contributed by atoms with Crippen molar-refractivity contribution < 1.29 is 4.79 Å². The van der Waals surface area contributed by atoms with Gasteiger partial charge in [-0.2, -0.15) is 0 Å². The van der Waals surface area contributed by atoms with E-state index in [1.165, 1.54) is 19.3 Å². The molecule has 0 aromatic rings. The minimum Gasteiger partial charge on any atom is -0.354 e. The molecule has 0 radical (unpaired) electrons. The summed E-state index contributed by atoms with van der Waals surface area (Å²) < 4.78 is 0. The van der Waals surface area contributed by atoms with Gasteiger partial charge in [0, 0.05) is 18.0 Å². The van der Waals surface area contributed by atoms with Gasteiger partial charge in [-0.15, -0.1) is 0 Å². The van der Waals surface area contributed by atoms with E-state index >= 15 is 0 Å². The second-order valence-electron chi connectivity index (χ2n) is 6.19. The van der Waals surface area contributed by atoms with Crippen molar-refractivity contribution in [2.45, 2.75) is 77.3 Å². The number of hydrogen-bond donors (Lipinski definition) is 2. The summed E-state index contributed by atoms with van der Waals surface area (Å²) >= 11 is 0. The molecule has 1 unspecified atom stereocenters. The van der Waals surface area contributed by atoms with Gasteiger partial charge in [0.1, 0.15) is 0 Å². The third kappa shape index (κ3) is 5.53. The topological polar surface area (TPSA) is 55.1 Å². The number of nitrogens with one attached hydrogen (secondary N) is 1. The molecular weight excluding hydrogens is 212 g/mol. The second kappa shape index (κ2) is 6.39. The number of carbonyl (C=O) groups excluding carboxylic acids is 1. The molecule has 3 N–H and O–H groups in total. The normalized spacial score (nSPS) is 19.8. The van der Waals surface area contributed by atoms with Gasteiger partial charge in [0.15, 0.2) is 0 Å². The van der Waals surface area contributed by atoms with Crippen LogP contribution in [0.1, 0.15) is 65.7 Å². The van der Waals surface area contributed by atoms with Crippen LogP contribution in [0.15, 0.2) is 0 Å². The molecule has 1 aliphatic rings. The van der Waals surface area contributed by atoms with Crippen molar-refractivity contribution in [3.63, 3.8) is 0 Å². The van der Waals surface area contributed by atoms with Gasteiger partial charge in [-0.25, -0.2) is 0 Å². The Hall–Kier alpha value is -0.570. The first kappa shape index (κ1) is 14.5. The van der Waals surface area contributed by atoms with Crippen LogP contribution in [0.25, 0.3) is 0 Å².